The maximum atomic E-state index is 11.3. The van der Waals surface area contributed by atoms with Crippen LogP contribution in [0.3, 0.4) is 0 Å². The van der Waals surface area contributed by atoms with Gasteiger partial charge in [0.15, 0.2) is 28.6 Å². The number of pyridine rings is 1. The highest BCUT2D eigenvalue weighted by Gasteiger charge is 2.18. The Bertz CT molecular complexity index is 1320. The lowest BCUT2D eigenvalue weighted by atomic mass is 10.1. The second-order valence-electron chi connectivity index (χ2n) is 7.23. The van der Waals surface area contributed by atoms with Gasteiger partial charge >= 0.3 is 0 Å². The number of imidazole rings is 1. The summed E-state index contributed by atoms with van der Waals surface area (Å²) in [5.41, 5.74) is 4.41. The van der Waals surface area contributed by atoms with Crippen LogP contribution in [0.2, 0.25) is 0 Å². The van der Waals surface area contributed by atoms with E-state index >= 15 is 0 Å². The molecule has 0 atom stereocenters. The molecule has 1 N–H and O–H groups in total. The molecule has 0 aliphatic carbocycles. The SMILES string of the molecule is COc1ccc(-c2cnc3c(NC=O)cc(-c4cc(OC)c(OC)c(OC)c4)cn23)cc1OC. The predicted molar refractivity (Wildman–Crippen MR) is 129 cm³/mol. The Hall–Kier alpha value is -4.40. The summed E-state index contributed by atoms with van der Waals surface area (Å²) in [7, 11) is 7.86. The number of methoxy groups -OCH3 is 5. The van der Waals surface area contributed by atoms with Gasteiger partial charge in [-0.25, -0.2) is 4.98 Å². The fraction of sp³-hybridized carbons (Fsp3) is 0.200. The zero-order valence-corrected chi connectivity index (χ0v) is 19.5. The molecular formula is C25H25N3O6. The minimum atomic E-state index is 0.495. The van der Waals surface area contributed by atoms with Crippen molar-refractivity contribution in [3.8, 4) is 51.1 Å². The van der Waals surface area contributed by atoms with Crippen molar-refractivity contribution in [2.45, 2.75) is 0 Å². The van der Waals surface area contributed by atoms with E-state index < -0.39 is 0 Å². The van der Waals surface area contributed by atoms with E-state index in [0.717, 1.165) is 22.4 Å². The Balaban J connectivity index is 1.95. The average Bonchev–Trinajstić information content (AvgIpc) is 3.31. The molecule has 0 saturated heterocycles. The van der Waals surface area contributed by atoms with Gasteiger partial charge in [0.25, 0.3) is 0 Å². The molecule has 4 aromatic rings. The van der Waals surface area contributed by atoms with Gasteiger partial charge in [-0.1, -0.05) is 0 Å². The molecule has 4 rings (SSSR count). The van der Waals surface area contributed by atoms with Gasteiger partial charge in [0, 0.05) is 17.3 Å². The van der Waals surface area contributed by atoms with Crippen LogP contribution in [-0.2, 0) is 4.79 Å². The molecule has 2 aromatic carbocycles. The third-order valence-corrected chi connectivity index (χ3v) is 5.50. The van der Waals surface area contributed by atoms with Crippen molar-refractivity contribution in [2.24, 2.45) is 0 Å². The molecule has 0 unspecified atom stereocenters. The number of anilines is 1. The van der Waals surface area contributed by atoms with Crippen molar-refractivity contribution in [3.63, 3.8) is 0 Å². The number of nitrogens with one attached hydrogen (secondary N) is 1. The van der Waals surface area contributed by atoms with Crippen LogP contribution in [0.15, 0.2) is 48.8 Å². The van der Waals surface area contributed by atoms with E-state index in [4.69, 9.17) is 23.7 Å². The van der Waals surface area contributed by atoms with Gasteiger partial charge in [-0.3, -0.25) is 9.20 Å². The number of carbonyl (C=O) groups is 1. The zero-order chi connectivity index (χ0) is 24.2. The number of benzene rings is 2. The number of hydrogen-bond donors (Lipinski definition) is 1. The topological polar surface area (TPSA) is 92.6 Å². The van der Waals surface area contributed by atoms with Crippen LogP contribution in [0, 0.1) is 0 Å². The number of aromatic nitrogens is 2. The largest absolute Gasteiger partial charge is 0.493 e. The van der Waals surface area contributed by atoms with Crippen LogP contribution >= 0.6 is 0 Å². The van der Waals surface area contributed by atoms with E-state index in [1.165, 1.54) is 0 Å². The minimum absolute atomic E-state index is 0.495. The summed E-state index contributed by atoms with van der Waals surface area (Å²) in [4.78, 5) is 15.9. The lowest BCUT2D eigenvalue weighted by molar-refractivity contribution is -0.105. The van der Waals surface area contributed by atoms with Crippen molar-refractivity contribution in [1.29, 1.82) is 0 Å². The maximum absolute atomic E-state index is 11.3. The van der Waals surface area contributed by atoms with Crippen LogP contribution < -0.4 is 29.0 Å². The van der Waals surface area contributed by atoms with Crippen LogP contribution in [0.5, 0.6) is 28.7 Å². The Morgan fingerprint density at radius 2 is 1.41 bits per heavy atom. The first-order valence-corrected chi connectivity index (χ1v) is 10.3. The molecule has 0 aliphatic heterocycles. The Morgan fingerprint density at radius 3 is 2.00 bits per heavy atom. The fourth-order valence-corrected chi connectivity index (χ4v) is 3.87. The van der Waals surface area contributed by atoms with E-state index in [0.29, 0.717) is 46.5 Å². The predicted octanol–water partition coefficient (Wildman–Crippen LogP) is 4.28. The van der Waals surface area contributed by atoms with Crippen molar-refractivity contribution in [2.75, 3.05) is 40.9 Å². The third kappa shape index (κ3) is 3.92. The van der Waals surface area contributed by atoms with Crippen LogP contribution in [-0.4, -0.2) is 51.3 Å². The van der Waals surface area contributed by atoms with Crippen LogP contribution in [0.1, 0.15) is 0 Å². The molecule has 0 radical (unpaired) electrons. The second kappa shape index (κ2) is 9.62. The summed E-state index contributed by atoms with van der Waals surface area (Å²) in [5.74, 6) is 2.76. The van der Waals surface area contributed by atoms with Gasteiger partial charge in [0.05, 0.1) is 53.1 Å². The number of carbonyl (C=O) groups excluding carboxylic acids is 1. The van der Waals surface area contributed by atoms with E-state index in [1.54, 1.807) is 41.7 Å². The van der Waals surface area contributed by atoms with E-state index in [1.807, 2.05) is 47.0 Å². The quantitative estimate of drug-likeness (QED) is 0.370. The third-order valence-electron chi connectivity index (χ3n) is 5.50. The summed E-state index contributed by atoms with van der Waals surface area (Å²) in [6.45, 7) is 0. The normalized spacial score (nSPS) is 10.6. The Morgan fingerprint density at radius 1 is 0.765 bits per heavy atom. The minimum Gasteiger partial charge on any atom is -0.493 e. The first-order valence-electron chi connectivity index (χ1n) is 10.3. The number of rotatable bonds is 9. The molecule has 0 spiro atoms. The molecule has 0 saturated carbocycles. The summed E-state index contributed by atoms with van der Waals surface area (Å²) >= 11 is 0. The van der Waals surface area contributed by atoms with Crippen LogP contribution in [0.4, 0.5) is 5.69 Å². The summed E-state index contributed by atoms with van der Waals surface area (Å²) < 4.78 is 29.2. The van der Waals surface area contributed by atoms with Crippen molar-refractivity contribution < 1.29 is 28.5 Å². The molecule has 2 aromatic heterocycles. The smallest absolute Gasteiger partial charge is 0.211 e. The second-order valence-corrected chi connectivity index (χ2v) is 7.23. The average molecular weight is 463 g/mol. The molecule has 176 valence electrons. The molecule has 1 amide bonds. The van der Waals surface area contributed by atoms with Gasteiger partial charge < -0.3 is 29.0 Å². The van der Waals surface area contributed by atoms with Crippen molar-refractivity contribution in [1.82, 2.24) is 9.38 Å². The molecular weight excluding hydrogens is 438 g/mol. The Labute approximate surface area is 196 Å². The monoisotopic (exact) mass is 463 g/mol. The highest BCUT2D eigenvalue weighted by atomic mass is 16.5. The fourth-order valence-electron chi connectivity index (χ4n) is 3.87. The highest BCUT2D eigenvalue weighted by Crippen LogP contribution is 2.42. The van der Waals surface area contributed by atoms with Gasteiger partial charge in [0.2, 0.25) is 12.2 Å². The van der Waals surface area contributed by atoms with E-state index in [9.17, 15) is 4.79 Å². The summed E-state index contributed by atoms with van der Waals surface area (Å²) in [5, 5.41) is 2.75. The van der Waals surface area contributed by atoms with E-state index in [-0.39, 0.29) is 0 Å². The van der Waals surface area contributed by atoms with Gasteiger partial charge in [-0.05, 0) is 42.0 Å². The lowest BCUT2D eigenvalue weighted by Gasteiger charge is -2.15. The molecule has 9 nitrogen and oxygen atoms in total. The van der Waals surface area contributed by atoms with Crippen molar-refractivity contribution in [3.05, 3.63) is 48.8 Å². The number of amides is 1. The van der Waals surface area contributed by atoms with Crippen molar-refractivity contribution >= 4 is 17.7 Å². The first kappa shape index (κ1) is 22.8. The van der Waals surface area contributed by atoms with Gasteiger partial charge in [-0.2, -0.15) is 0 Å². The van der Waals surface area contributed by atoms with Crippen LogP contribution in [0.25, 0.3) is 28.0 Å². The molecule has 0 bridgehead atoms. The number of hydrogen-bond acceptors (Lipinski definition) is 7. The highest BCUT2D eigenvalue weighted by molar-refractivity contribution is 5.86. The molecule has 0 fully saturated rings. The van der Waals surface area contributed by atoms with Gasteiger partial charge in [-0.15, -0.1) is 0 Å². The molecule has 9 heteroatoms. The standard InChI is InChI=1S/C25H25N3O6/c1-30-20-7-6-15(9-21(20)31-2)19-12-26-25-18(27-14-29)8-17(13-28(19)25)16-10-22(32-3)24(34-5)23(11-16)33-4/h6-14H,1-5H3,(H,27,29). The summed E-state index contributed by atoms with van der Waals surface area (Å²) in [6, 6.07) is 11.2. The first-order chi connectivity index (χ1) is 16.6. The molecule has 2 heterocycles. The number of fused-ring (bicyclic) bond motifs is 1. The number of nitrogens with zero attached hydrogens (tertiary/aromatic N) is 2. The Kier molecular flexibility index (Phi) is 6.44. The van der Waals surface area contributed by atoms with Gasteiger partial charge in [0.1, 0.15) is 0 Å². The zero-order valence-electron chi connectivity index (χ0n) is 19.5. The molecule has 0 aliphatic rings. The van der Waals surface area contributed by atoms with E-state index in [2.05, 4.69) is 10.3 Å². The molecule has 34 heavy (non-hydrogen) atoms. The lowest BCUT2D eigenvalue weighted by Crippen LogP contribution is -2.00. The summed E-state index contributed by atoms with van der Waals surface area (Å²) in [6.07, 6.45) is 4.30. The maximum Gasteiger partial charge on any atom is 0.211 e. The number of ether oxygens (including phenoxy) is 5.